The third kappa shape index (κ3) is 4.37. The lowest BCUT2D eigenvalue weighted by Gasteiger charge is -2.08. The summed E-state index contributed by atoms with van der Waals surface area (Å²) in [6, 6.07) is 1.84. The zero-order chi connectivity index (χ0) is 13.5. The Morgan fingerprint density at radius 3 is 3.00 bits per heavy atom. The molecule has 2 N–H and O–H groups in total. The van der Waals surface area contributed by atoms with Gasteiger partial charge in [0.1, 0.15) is 6.61 Å². The first-order valence-corrected chi connectivity index (χ1v) is 7.70. The molecule has 0 saturated heterocycles. The van der Waals surface area contributed by atoms with Crippen LogP contribution in [0.15, 0.2) is 6.07 Å². The van der Waals surface area contributed by atoms with E-state index in [0.29, 0.717) is 16.7 Å². The predicted molar refractivity (Wildman–Crippen MR) is 78.3 cm³/mol. The van der Waals surface area contributed by atoms with Crippen LogP contribution in [0.4, 0.5) is 0 Å². The van der Waals surface area contributed by atoms with Crippen molar-refractivity contribution in [2.45, 2.75) is 19.1 Å². The number of nitrogens with one attached hydrogen (secondary N) is 1. The summed E-state index contributed by atoms with van der Waals surface area (Å²) in [6.45, 7) is 4.49. The van der Waals surface area contributed by atoms with E-state index in [2.05, 4.69) is 24.1 Å². The zero-order valence-corrected chi connectivity index (χ0v) is 12.4. The first kappa shape index (κ1) is 15.1. The van der Waals surface area contributed by atoms with E-state index in [4.69, 9.17) is 5.11 Å². The summed E-state index contributed by atoms with van der Waals surface area (Å²) in [4.78, 5) is 13.4. The third-order valence-electron chi connectivity index (χ3n) is 2.37. The summed E-state index contributed by atoms with van der Waals surface area (Å²) >= 11 is 3.08. The van der Waals surface area contributed by atoms with Crippen molar-refractivity contribution in [3.8, 4) is 11.8 Å². The fourth-order valence-electron chi connectivity index (χ4n) is 1.24. The van der Waals surface area contributed by atoms with Gasteiger partial charge in [0.15, 0.2) is 0 Å². The summed E-state index contributed by atoms with van der Waals surface area (Å²) < 4.78 is 0. The van der Waals surface area contributed by atoms with Gasteiger partial charge in [-0.2, -0.15) is 11.8 Å². The Morgan fingerprint density at radius 2 is 2.39 bits per heavy atom. The molecule has 0 aliphatic heterocycles. The van der Waals surface area contributed by atoms with Gasteiger partial charge in [0, 0.05) is 11.8 Å². The molecule has 0 aromatic carbocycles. The molecule has 1 atom stereocenters. The number of carbonyl (C=O) groups excluding carboxylic acids is 1. The zero-order valence-electron chi connectivity index (χ0n) is 10.7. The maximum atomic E-state index is 11.9. The number of aryl methyl sites for hydroxylation is 1. The van der Waals surface area contributed by atoms with Crippen LogP contribution >= 0.6 is 23.1 Å². The molecule has 1 rings (SSSR count). The van der Waals surface area contributed by atoms with Crippen LogP contribution in [0.3, 0.4) is 0 Å². The summed E-state index contributed by atoms with van der Waals surface area (Å²) in [5.74, 6) is 5.39. The second-order valence-corrected chi connectivity index (χ2v) is 6.17. The molecule has 98 valence electrons. The van der Waals surface area contributed by atoms with Crippen LogP contribution in [0.5, 0.6) is 0 Å². The van der Waals surface area contributed by atoms with E-state index in [1.54, 1.807) is 11.8 Å². The highest BCUT2D eigenvalue weighted by Crippen LogP contribution is 2.20. The van der Waals surface area contributed by atoms with Crippen LogP contribution in [-0.4, -0.2) is 35.7 Å². The number of hydrogen-bond donors (Lipinski definition) is 2. The average Bonchev–Trinajstić information content (AvgIpc) is 2.74. The first-order valence-electron chi connectivity index (χ1n) is 5.59. The average molecular weight is 283 g/mol. The Balaban J connectivity index is 2.69. The van der Waals surface area contributed by atoms with Crippen LogP contribution in [0.1, 0.15) is 27.0 Å². The summed E-state index contributed by atoms with van der Waals surface area (Å²) in [6.07, 6.45) is 2.02. The molecule has 0 bridgehead atoms. The Labute approximate surface area is 116 Å². The number of rotatable bonds is 4. The highest BCUT2D eigenvalue weighted by atomic mass is 32.2. The highest BCUT2D eigenvalue weighted by molar-refractivity contribution is 7.99. The fourth-order valence-corrected chi connectivity index (χ4v) is 2.46. The van der Waals surface area contributed by atoms with Crippen LogP contribution < -0.4 is 5.32 Å². The van der Waals surface area contributed by atoms with E-state index in [9.17, 15) is 4.79 Å². The van der Waals surface area contributed by atoms with Crippen molar-refractivity contribution in [1.29, 1.82) is 0 Å². The van der Waals surface area contributed by atoms with Crippen molar-refractivity contribution in [3.63, 3.8) is 0 Å². The SMILES string of the molecule is CSC(C)CNC(=O)c1cc(C)c(C#CCO)s1. The summed E-state index contributed by atoms with van der Waals surface area (Å²) in [5, 5.41) is 12.0. The van der Waals surface area contributed by atoms with Crippen molar-refractivity contribution in [2.24, 2.45) is 0 Å². The van der Waals surface area contributed by atoms with E-state index in [-0.39, 0.29) is 12.5 Å². The van der Waals surface area contributed by atoms with Crippen LogP contribution in [0, 0.1) is 18.8 Å². The second-order valence-electron chi connectivity index (χ2n) is 3.84. The molecule has 0 radical (unpaired) electrons. The Hall–Kier alpha value is -0.960. The van der Waals surface area contributed by atoms with Gasteiger partial charge in [-0.05, 0) is 24.8 Å². The van der Waals surface area contributed by atoms with Gasteiger partial charge >= 0.3 is 0 Å². The van der Waals surface area contributed by atoms with Gasteiger partial charge in [0.05, 0.1) is 9.75 Å². The molecule has 1 aromatic rings. The minimum atomic E-state index is -0.163. The number of aliphatic hydroxyl groups excluding tert-OH is 1. The van der Waals surface area contributed by atoms with Gasteiger partial charge in [-0.3, -0.25) is 4.79 Å². The van der Waals surface area contributed by atoms with Gasteiger partial charge in [0.25, 0.3) is 5.91 Å². The number of hydrogen-bond acceptors (Lipinski definition) is 4. The molecule has 1 unspecified atom stereocenters. The van der Waals surface area contributed by atoms with Crippen LogP contribution in [-0.2, 0) is 0 Å². The molecule has 18 heavy (non-hydrogen) atoms. The van der Waals surface area contributed by atoms with Crippen LogP contribution in [0.25, 0.3) is 0 Å². The quantitative estimate of drug-likeness (QED) is 0.830. The van der Waals surface area contributed by atoms with E-state index in [1.807, 2.05) is 19.2 Å². The summed E-state index contributed by atoms with van der Waals surface area (Å²) in [5.41, 5.74) is 0.976. The number of thioether (sulfide) groups is 1. The normalized spacial score (nSPS) is 11.6. The fraction of sp³-hybridized carbons (Fsp3) is 0.462. The molecule has 1 heterocycles. The molecule has 1 aromatic heterocycles. The molecule has 3 nitrogen and oxygen atoms in total. The first-order chi connectivity index (χ1) is 8.58. The minimum Gasteiger partial charge on any atom is -0.384 e. The van der Waals surface area contributed by atoms with Crippen molar-refractivity contribution >= 4 is 29.0 Å². The van der Waals surface area contributed by atoms with Gasteiger partial charge in [-0.1, -0.05) is 18.8 Å². The lowest BCUT2D eigenvalue weighted by Crippen LogP contribution is -2.28. The smallest absolute Gasteiger partial charge is 0.261 e. The number of thiophene rings is 1. The Bertz CT molecular complexity index is 471. The molecule has 0 spiro atoms. The van der Waals surface area contributed by atoms with Crippen molar-refractivity contribution in [1.82, 2.24) is 5.32 Å². The van der Waals surface area contributed by atoms with Crippen molar-refractivity contribution in [3.05, 3.63) is 21.4 Å². The van der Waals surface area contributed by atoms with E-state index < -0.39 is 0 Å². The van der Waals surface area contributed by atoms with Gasteiger partial charge in [-0.25, -0.2) is 0 Å². The predicted octanol–water partition coefficient (Wildman–Crippen LogP) is 1.88. The Kier molecular flexibility index (Phi) is 6.27. The van der Waals surface area contributed by atoms with E-state index >= 15 is 0 Å². The monoisotopic (exact) mass is 283 g/mol. The lowest BCUT2D eigenvalue weighted by atomic mass is 10.2. The molecule has 0 saturated carbocycles. The molecular weight excluding hydrogens is 266 g/mol. The molecule has 0 aliphatic carbocycles. The molecular formula is C13H17NO2S2. The van der Waals surface area contributed by atoms with Gasteiger partial charge in [-0.15, -0.1) is 11.3 Å². The van der Waals surface area contributed by atoms with Gasteiger partial charge in [0.2, 0.25) is 0 Å². The second kappa shape index (κ2) is 7.47. The van der Waals surface area contributed by atoms with Crippen molar-refractivity contribution < 1.29 is 9.90 Å². The lowest BCUT2D eigenvalue weighted by molar-refractivity contribution is 0.0958. The van der Waals surface area contributed by atoms with Crippen molar-refractivity contribution in [2.75, 3.05) is 19.4 Å². The summed E-state index contributed by atoms with van der Waals surface area (Å²) in [7, 11) is 0. The molecule has 5 heteroatoms. The van der Waals surface area contributed by atoms with E-state index in [1.165, 1.54) is 11.3 Å². The number of aliphatic hydroxyl groups is 1. The highest BCUT2D eigenvalue weighted by Gasteiger charge is 2.12. The van der Waals surface area contributed by atoms with E-state index in [0.717, 1.165) is 10.4 Å². The maximum Gasteiger partial charge on any atom is 0.261 e. The third-order valence-corrected chi connectivity index (χ3v) is 4.50. The van der Waals surface area contributed by atoms with Crippen LogP contribution in [0.2, 0.25) is 0 Å². The number of amides is 1. The largest absolute Gasteiger partial charge is 0.384 e. The standard InChI is InChI=1S/C13H17NO2S2/c1-9-7-12(18-11(9)5-4-6-15)13(16)14-8-10(2)17-3/h7,10,15H,6,8H2,1-3H3,(H,14,16). The molecule has 0 fully saturated rings. The topological polar surface area (TPSA) is 49.3 Å². The molecule has 1 amide bonds. The minimum absolute atomic E-state index is 0.0546. The molecule has 0 aliphatic rings. The van der Waals surface area contributed by atoms with Gasteiger partial charge < -0.3 is 10.4 Å². The maximum absolute atomic E-state index is 11.9. The number of carbonyl (C=O) groups is 1. The Morgan fingerprint density at radius 1 is 1.67 bits per heavy atom.